The van der Waals surface area contributed by atoms with Crippen LogP contribution in [0.2, 0.25) is 0 Å². The Morgan fingerprint density at radius 1 is 1.03 bits per heavy atom. The van der Waals surface area contributed by atoms with E-state index < -0.39 is 0 Å². The Morgan fingerprint density at radius 2 is 1.83 bits per heavy atom. The fourth-order valence-electron chi connectivity index (χ4n) is 3.56. The third kappa shape index (κ3) is 3.45. The highest BCUT2D eigenvalue weighted by Crippen LogP contribution is 2.33. The third-order valence-corrected chi connectivity index (χ3v) is 5.00. The average Bonchev–Trinajstić information content (AvgIpc) is 3.15. The van der Waals surface area contributed by atoms with E-state index in [9.17, 15) is 4.79 Å². The van der Waals surface area contributed by atoms with Crippen LogP contribution in [0.4, 0.5) is 5.69 Å². The summed E-state index contributed by atoms with van der Waals surface area (Å²) in [6, 6.07) is 19.6. The van der Waals surface area contributed by atoms with Gasteiger partial charge in [0.05, 0.1) is 11.4 Å². The summed E-state index contributed by atoms with van der Waals surface area (Å²) in [6.07, 6.45) is -0.435. The Hall–Kier alpha value is -3.55. The maximum Gasteiger partial charge on any atom is 0.221 e. The topological polar surface area (TPSA) is 89.1 Å². The Bertz CT molecular complexity index is 1230. The molecule has 0 unspecified atom stereocenters. The number of amides is 1. The van der Waals surface area contributed by atoms with Crippen molar-refractivity contribution in [1.29, 1.82) is 0 Å². The largest absolute Gasteiger partial charge is 0.326 e. The number of carbonyl (C=O) groups is 1. The van der Waals surface area contributed by atoms with Crippen molar-refractivity contribution in [3.63, 3.8) is 0 Å². The zero-order valence-corrected chi connectivity index (χ0v) is 16.5. The van der Waals surface area contributed by atoms with Crippen LogP contribution in [-0.2, 0) is 14.3 Å². The van der Waals surface area contributed by atoms with Crippen LogP contribution in [0.1, 0.15) is 25.7 Å². The lowest BCUT2D eigenvalue weighted by atomic mass is 10.1. The number of carbonyl (C=O) groups excluding carboxylic acids is 1. The van der Waals surface area contributed by atoms with Crippen LogP contribution in [0.3, 0.4) is 0 Å². The minimum Gasteiger partial charge on any atom is -0.326 e. The molecule has 7 heteroatoms. The van der Waals surface area contributed by atoms with E-state index in [1.165, 1.54) is 6.92 Å². The maximum atomic E-state index is 11.3. The fraction of sp³-hybridized carbons (Fsp3) is 0.174. The molecule has 1 aliphatic rings. The Balaban J connectivity index is 1.43. The molecule has 0 radical (unpaired) electrons. The van der Waals surface area contributed by atoms with Gasteiger partial charge in [-0.25, -0.2) is 4.98 Å². The minimum absolute atomic E-state index is 0.108. The van der Waals surface area contributed by atoms with Crippen molar-refractivity contribution < 1.29 is 14.3 Å². The van der Waals surface area contributed by atoms with Crippen LogP contribution < -0.4 is 5.32 Å². The number of hydrogen-bond acceptors (Lipinski definition) is 5. The molecule has 0 atom stereocenters. The van der Waals surface area contributed by atoms with Crippen molar-refractivity contribution in [1.82, 2.24) is 15.2 Å². The van der Waals surface area contributed by atoms with Gasteiger partial charge in [0.15, 0.2) is 18.2 Å². The number of hydrogen-bond donors (Lipinski definition) is 2. The molecule has 7 nitrogen and oxygen atoms in total. The van der Waals surface area contributed by atoms with Gasteiger partial charge in [0.1, 0.15) is 0 Å². The van der Waals surface area contributed by atoms with Crippen LogP contribution in [0.25, 0.3) is 33.5 Å². The summed E-state index contributed by atoms with van der Waals surface area (Å²) in [4.78, 5) is 16.0. The van der Waals surface area contributed by atoms with Gasteiger partial charge < -0.3 is 14.8 Å². The van der Waals surface area contributed by atoms with Gasteiger partial charge in [0.25, 0.3) is 0 Å². The van der Waals surface area contributed by atoms with Gasteiger partial charge in [-0.1, -0.05) is 36.4 Å². The lowest BCUT2D eigenvalue weighted by Crippen LogP contribution is -2.31. The van der Waals surface area contributed by atoms with Crippen molar-refractivity contribution in [2.24, 2.45) is 0 Å². The van der Waals surface area contributed by atoms with Crippen molar-refractivity contribution in [3.8, 4) is 22.5 Å². The quantitative estimate of drug-likeness (QED) is 0.521. The summed E-state index contributed by atoms with van der Waals surface area (Å²) in [5, 5.41) is 11.2. The number of nitrogens with zero attached hydrogens (tertiary/aromatic N) is 2. The monoisotopic (exact) mass is 400 g/mol. The number of nitrogens with one attached hydrogen (secondary N) is 2. The fourth-order valence-corrected chi connectivity index (χ4v) is 3.56. The van der Waals surface area contributed by atoms with Gasteiger partial charge in [-0.3, -0.25) is 9.89 Å². The van der Waals surface area contributed by atoms with Crippen LogP contribution in [0.5, 0.6) is 0 Å². The van der Waals surface area contributed by atoms with Crippen molar-refractivity contribution in [3.05, 3.63) is 66.2 Å². The second kappa shape index (κ2) is 7.37. The average molecular weight is 400 g/mol. The minimum atomic E-state index is -0.287. The number of ether oxygens (including phenoxy) is 2. The smallest absolute Gasteiger partial charge is 0.221 e. The van der Waals surface area contributed by atoms with E-state index in [-0.39, 0.29) is 18.5 Å². The molecule has 0 aliphatic carbocycles. The molecule has 150 valence electrons. The normalized spacial score (nSPS) is 18.2. The standard InChI is InChI=1S/C23H20N4O3/c1-13(28)24-18-5-3-4-17(12-18)20-11-10-19-21(26-27-22(19)25-20)15-6-8-16(9-7-15)23-29-14(2)30-23/h3-12,14,23H,1-2H3,(H,24,28)(H,25,26,27). The molecule has 0 spiro atoms. The first-order valence-corrected chi connectivity index (χ1v) is 9.71. The second-order valence-electron chi connectivity index (χ2n) is 7.22. The SMILES string of the molecule is CC(=O)Nc1cccc(-c2ccc3c(-c4ccc(C5OC(C)O5)cc4)[nH]nc3n2)c1. The molecular weight excluding hydrogens is 380 g/mol. The van der Waals surface area contributed by atoms with Crippen molar-refractivity contribution >= 4 is 22.6 Å². The van der Waals surface area contributed by atoms with E-state index in [4.69, 9.17) is 14.5 Å². The zero-order valence-electron chi connectivity index (χ0n) is 16.5. The first-order chi connectivity index (χ1) is 14.6. The highest BCUT2D eigenvalue weighted by molar-refractivity contribution is 5.92. The summed E-state index contributed by atoms with van der Waals surface area (Å²) in [5.74, 6) is -0.108. The van der Waals surface area contributed by atoms with Crippen LogP contribution in [0.15, 0.2) is 60.7 Å². The van der Waals surface area contributed by atoms with E-state index in [1.807, 2.05) is 67.6 Å². The summed E-state index contributed by atoms with van der Waals surface area (Å²) in [5.41, 5.74) is 5.97. The molecule has 1 aliphatic heterocycles. The summed E-state index contributed by atoms with van der Waals surface area (Å²) >= 11 is 0. The number of aromatic nitrogens is 3. The predicted molar refractivity (Wildman–Crippen MR) is 113 cm³/mol. The van der Waals surface area contributed by atoms with Crippen LogP contribution >= 0.6 is 0 Å². The van der Waals surface area contributed by atoms with Gasteiger partial charge in [-0.2, -0.15) is 5.10 Å². The predicted octanol–water partition coefficient (Wildman–Crippen LogP) is 4.64. The van der Waals surface area contributed by atoms with Crippen LogP contribution in [-0.4, -0.2) is 27.4 Å². The Morgan fingerprint density at radius 3 is 2.57 bits per heavy atom. The number of rotatable bonds is 4. The highest BCUT2D eigenvalue weighted by Gasteiger charge is 2.28. The Kier molecular flexibility index (Phi) is 4.54. The highest BCUT2D eigenvalue weighted by atomic mass is 16.9. The summed E-state index contributed by atoms with van der Waals surface area (Å²) in [7, 11) is 0. The molecule has 30 heavy (non-hydrogen) atoms. The lowest BCUT2D eigenvalue weighted by Gasteiger charge is -2.33. The van der Waals surface area contributed by atoms with Gasteiger partial charge in [0.2, 0.25) is 5.91 Å². The maximum absolute atomic E-state index is 11.3. The van der Waals surface area contributed by atoms with Crippen molar-refractivity contribution in [2.75, 3.05) is 5.32 Å². The lowest BCUT2D eigenvalue weighted by molar-refractivity contribution is -0.382. The van der Waals surface area contributed by atoms with E-state index in [2.05, 4.69) is 15.5 Å². The summed E-state index contributed by atoms with van der Waals surface area (Å²) < 4.78 is 11.1. The number of pyridine rings is 1. The van der Waals surface area contributed by atoms with Gasteiger partial charge in [0, 0.05) is 34.7 Å². The van der Waals surface area contributed by atoms with Gasteiger partial charge in [-0.05, 0) is 31.2 Å². The number of aromatic amines is 1. The van der Waals surface area contributed by atoms with Crippen LogP contribution in [0, 0.1) is 0 Å². The molecule has 5 rings (SSSR count). The number of fused-ring (bicyclic) bond motifs is 1. The van der Waals surface area contributed by atoms with E-state index in [1.54, 1.807) is 0 Å². The van der Waals surface area contributed by atoms with E-state index in [0.717, 1.165) is 39.2 Å². The van der Waals surface area contributed by atoms with Gasteiger partial charge >= 0.3 is 0 Å². The van der Waals surface area contributed by atoms with E-state index >= 15 is 0 Å². The number of benzene rings is 2. The first kappa shape index (κ1) is 18.5. The van der Waals surface area contributed by atoms with Crippen molar-refractivity contribution in [2.45, 2.75) is 26.4 Å². The second-order valence-corrected chi connectivity index (χ2v) is 7.22. The van der Waals surface area contributed by atoms with E-state index in [0.29, 0.717) is 5.65 Å². The molecule has 4 aromatic rings. The molecule has 1 saturated heterocycles. The zero-order chi connectivity index (χ0) is 20.7. The molecule has 1 fully saturated rings. The first-order valence-electron chi connectivity index (χ1n) is 9.71. The molecule has 2 N–H and O–H groups in total. The third-order valence-electron chi connectivity index (χ3n) is 5.00. The molecule has 2 aromatic carbocycles. The molecule has 0 saturated carbocycles. The molecular formula is C23H20N4O3. The molecule has 0 bridgehead atoms. The number of anilines is 1. The summed E-state index contributed by atoms with van der Waals surface area (Å²) in [6.45, 7) is 3.36. The molecule has 3 heterocycles. The van der Waals surface area contributed by atoms with Gasteiger partial charge in [-0.15, -0.1) is 0 Å². The number of H-pyrrole nitrogens is 1. The molecule has 2 aromatic heterocycles. The Labute approximate surface area is 173 Å². The molecule has 1 amide bonds.